The number of carbonyl (C=O) groups is 2. The van der Waals surface area contributed by atoms with Gasteiger partial charge >= 0.3 is 0 Å². The Morgan fingerprint density at radius 3 is 1.80 bits per heavy atom. The Bertz CT molecular complexity index is 611. The molecule has 0 aromatic heterocycles. The van der Waals surface area contributed by atoms with Gasteiger partial charge in [0.2, 0.25) is 0 Å². The number of ketones is 2. The van der Waals surface area contributed by atoms with Crippen molar-refractivity contribution in [1.29, 1.82) is 0 Å². The van der Waals surface area contributed by atoms with Gasteiger partial charge in [-0.2, -0.15) is 0 Å². The van der Waals surface area contributed by atoms with Crippen LogP contribution < -0.4 is 0 Å². The predicted octanol–water partition coefficient (Wildman–Crippen LogP) is 4.08. The molecule has 2 aliphatic carbocycles. The van der Waals surface area contributed by atoms with E-state index in [2.05, 4.69) is 27.7 Å². The first-order valence-corrected chi connectivity index (χ1v) is 9.45. The van der Waals surface area contributed by atoms with Crippen molar-refractivity contribution < 1.29 is 19.4 Å². The Morgan fingerprint density at radius 2 is 1.36 bits per heavy atom. The smallest absolute Gasteiger partial charge is 0.163 e. The van der Waals surface area contributed by atoms with Crippen molar-refractivity contribution in [2.24, 2.45) is 16.7 Å². The molecule has 1 heterocycles. The molecule has 138 valence electrons. The fraction of sp³-hybridized carbons (Fsp3) is 0.714. The van der Waals surface area contributed by atoms with Gasteiger partial charge in [0.15, 0.2) is 11.6 Å². The second-order valence-corrected chi connectivity index (χ2v) is 9.43. The third kappa shape index (κ3) is 3.59. The normalized spacial score (nSPS) is 25.6. The van der Waals surface area contributed by atoms with E-state index in [9.17, 15) is 9.59 Å². The summed E-state index contributed by atoms with van der Waals surface area (Å²) in [5, 5.41) is 9.12. The molecule has 25 heavy (non-hydrogen) atoms. The zero-order valence-electron chi connectivity index (χ0n) is 15.9. The third-order valence-corrected chi connectivity index (χ3v) is 5.60. The van der Waals surface area contributed by atoms with Gasteiger partial charge in [-0.25, -0.2) is 0 Å². The van der Waals surface area contributed by atoms with Gasteiger partial charge in [0.1, 0.15) is 11.5 Å². The second-order valence-electron chi connectivity index (χ2n) is 9.43. The highest BCUT2D eigenvalue weighted by Crippen LogP contribution is 2.51. The fourth-order valence-corrected chi connectivity index (χ4v) is 4.56. The molecule has 0 aromatic carbocycles. The van der Waals surface area contributed by atoms with Crippen LogP contribution in [0.2, 0.25) is 0 Å². The summed E-state index contributed by atoms with van der Waals surface area (Å²) in [4.78, 5) is 25.7. The molecule has 0 amide bonds. The molecule has 3 aliphatic rings. The van der Waals surface area contributed by atoms with Crippen LogP contribution in [-0.2, 0) is 14.3 Å². The molecule has 0 atom stereocenters. The molecule has 0 unspecified atom stereocenters. The van der Waals surface area contributed by atoms with Crippen molar-refractivity contribution in [3.63, 3.8) is 0 Å². The van der Waals surface area contributed by atoms with Crippen molar-refractivity contribution >= 4 is 11.6 Å². The van der Waals surface area contributed by atoms with E-state index in [1.54, 1.807) is 0 Å². The molecule has 0 radical (unpaired) electrons. The van der Waals surface area contributed by atoms with Gasteiger partial charge in [0, 0.05) is 49.4 Å². The first-order valence-electron chi connectivity index (χ1n) is 9.45. The summed E-state index contributed by atoms with van der Waals surface area (Å²) >= 11 is 0. The van der Waals surface area contributed by atoms with Crippen LogP contribution in [0.4, 0.5) is 0 Å². The minimum atomic E-state index is -0.141. The van der Waals surface area contributed by atoms with Crippen molar-refractivity contribution in [1.82, 2.24) is 0 Å². The van der Waals surface area contributed by atoms with E-state index in [1.807, 2.05) is 0 Å². The topological polar surface area (TPSA) is 63.6 Å². The van der Waals surface area contributed by atoms with E-state index in [0.29, 0.717) is 19.3 Å². The summed E-state index contributed by atoms with van der Waals surface area (Å²) < 4.78 is 6.21. The lowest BCUT2D eigenvalue weighted by atomic mass is 9.66. The van der Waals surface area contributed by atoms with Gasteiger partial charge in [-0.15, -0.1) is 0 Å². The molecular weight excluding hydrogens is 316 g/mol. The number of allylic oxidation sites excluding steroid dienone is 4. The molecule has 0 saturated heterocycles. The number of aliphatic hydroxyl groups excluding tert-OH is 1. The van der Waals surface area contributed by atoms with E-state index in [-0.39, 0.29) is 34.9 Å². The monoisotopic (exact) mass is 346 g/mol. The largest absolute Gasteiger partial charge is 0.465 e. The van der Waals surface area contributed by atoms with Crippen LogP contribution in [0.1, 0.15) is 72.6 Å². The fourth-order valence-electron chi connectivity index (χ4n) is 4.56. The lowest BCUT2D eigenvalue weighted by molar-refractivity contribution is -0.120. The Kier molecular flexibility index (Phi) is 4.69. The number of Topliss-reactive ketones (excluding diaryl/α,β-unsaturated/α-hetero) is 2. The highest BCUT2D eigenvalue weighted by molar-refractivity contribution is 6.04. The number of aliphatic hydroxyl groups is 1. The van der Waals surface area contributed by atoms with Crippen LogP contribution in [0.15, 0.2) is 22.7 Å². The maximum absolute atomic E-state index is 12.9. The molecule has 1 N–H and O–H groups in total. The number of ether oxygens (including phenoxy) is 1. The highest BCUT2D eigenvalue weighted by atomic mass is 16.5. The highest BCUT2D eigenvalue weighted by Gasteiger charge is 2.46. The summed E-state index contributed by atoms with van der Waals surface area (Å²) in [6, 6.07) is 0. The van der Waals surface area contributed by atoms with Crippen molar-refractivity contribution in [3.05, 3.63) is 22.7 Å². The maximum Gasteiger partial charge on any atom is 0.163 e. The van der Waals surface area contributed by atoms with Gasteiger partial charge < -0.3 is 9.84 Å². The standard InChI is InChI=1S/C21H30O4/c1-20(2)9-14(23)18-13(7-5-6-8-22)19-15(24)10-21(3,4)12-17(19)25-16(18)11-20/h13,22H,5-12H2,1-4H3. The number of rotatable bonds is 4. The Labute approximate surface area is 150 Å². The molecule has 4 nitrogen and oxygen atoms in total. The van der Waals surface area contributed by atoms with Crippen LogP contribution in [0.3, 0.4) is 0 Å². The minimum Gasteiger partial charge on any atom is -0.465 e. The van der Waals surface area contributed by atoms with E-state index in [0.717, 1.165) is 48.3 Å². The van der Waals surface area contributed by atoms with Gasteiger partial charge in [-0.1, -0.05) is 34.1 Å². The van der Waals surface area contributed by atoms with Gasteiger partial charge in [0.05, 0.1) is 0 Å². The van der Waals surface area contributed by atoms with E-state index in [4.69, 9.17) is 9.84 Å². The first-order chi connectivity index (χ1) is 11.6. The number of hydrogen-bond acceptors (Lipinski definition) is 4. The Hall–Kier alpha value is -1.42. The summed E-state index contributed by atoms with van der Waals surface area (Å²) in [6.45, 7) is 8.53. The second kappa shape index (κ2) is 6.39. The zero-order chi connectivity index (χ0) is 18.4. The molecule has 0 aromatic rings. The quantitative estimate of drug-likeness (QED) is 0.779. The van der Waals surface area contributed by atoms with Crippen LogP contribution in [0.25, 0.3) is 0 Å². The predicted molar refractivity (Wildman–Crippen MR) is 95.6 cm³/mol. The van der Waals surface area contributed by atoms with Crippen LogP contribution in [0, 0.1) is 16.7 Å². The molecule has 0 saturated carbocycles. The van der Waals surface area contributed by atoms with Crippen molar-refractivity contribution in [2.45, 2.75) is 72.6 Å². The van der Waals surface area contributed by atoms with Crippen molar-refractivity contribution in [3.8, 4) is 0 Å². The van der Waals surface area contributed by atoms with Crippen LogP contribution in [0.5, 0.6) is 0 Å². The van der Waals surface area contributed by atoms with E-state index in [1.165, 1.54) is 0 Å². The van der Waals surface area contributed by atoms with Crippen molar-refractivity contribution in [2.75, 3.05) is 6.61 Å². The first kappa shape index (κ1) is 18.4. The van der Waals surface area contributed by atoms with Crippen LogP contribution >= 0.6 is 0 Å². The Balaban J connectivity index is 2.01. The molecular formula is C21H30O4. The van der Waals surface area contributed by atoms with Gasteiger partial charge in [0.25, 0.3) is 0 Å². The minimum absolute atomic E-state index is 0.0994. The Morgan fingerprint density at radius 1 is 0.880 bits per heavy atom. The molecule has 3 rings (SSSR count). The van der Waals surface area contributed by atoms with E-state index >= 15 is 0 Å². The molecule has 0 spiro atoms. The summed E-state index contributed by atoms with van der Waals surface area (Å²) in [6.07, 6.45) is 4.75. The van der Waals surface area contributed by atoms with Gasteiger partial charge in [-0.3, -0.25) is 9.59 Å². The molecule has 0 bridgehead atoms. The van der Waals surface area contributed by atoms with E-state index < -0.39 is 0 Å². The average Bonchev–Trinajstić information content (AvgIpc) is 2.43. The number of carbonyl (C=O) groups excluding carboxylic acids is 2. The summed E-state index contributed by atoms with van der Waals surface area (Å²) in [7, 11) is 0. The molecule has 1 aliphatic heterocycles. The van der Waals surface area contributed by atoms with Crippen LogP contribution in [-0.4, -0.2) is 23.3 Å². The zero-order valence-corrected chi connectivity index (χ0v) is 15.9. The van der Waals surface area contributed by atoms with Gasteiger partial charge in [-0.05, 0) is 23.7 Å². The molecule has 0 fully saturated rings. The summed E-state index contributed by atoms with van der Waals surface area (Å²) in [5.74, 6) is 1.70. The number of hydrogen-bond donors (Lipinski definition) is 1. The number of unbranched alkanes of at least 4 members (excludes halogenated alkanes) is 1. The SMILES string of the molecule is CC1(C)CC(=O)C2=C(C1)OC1=C(C(=O)CC(C)(C)C1)C2CCCCO. The maximum atomic E-state index is 12.9. The lowest BCUT2D eigenvalue weighted by Gasteiger charge is -2.42. The third-order valence-electron chi connectivity index (χ3n) is 5.60. The lowest BCUT2D eigenvalue weighted by Crippen LogP contribution is -2.38. The average molecular weight is 346 g/mol. The summed E-state index contributed by atoms with van der Waals surface area (Å²) in [5.41, 5.74) is 1.28. The molecule has 4 heteroatoms.